The molecule has 1 unspecified atom stereocenters. The highest BCUT2D eigenvalue weighted by Gasteiger charge is 2.32. The lowest BCUT2D eigenvalue weighted by Crippen LogP contribution is -2.39. The highest BCUT2D eigenvalue weighted by molar-refractivity contribution is 6.31. The summed E-state index contributed by atoms with van der Waals surface area (Å²) in [6.07, 6.45) is 1.63. The summed E-state index contributed by atoms with van der Waals surface area (Å²) in [4.78, 5) is 0. The first-order valence-electron chi connectivity index (χ1n) is 5.54. The first kappa shape index (κ1) is 13.5. The van der Waals surface area contributed by atoms with E-state index in [-0.39, 0.29) is 6.04 Å². The minimum absolute atomic E-state index is 0.289. The fourth-order valence-electron chi connectivity index (χ4n) is 1.72. The van der Waals surface area contributed by atoms with Gasteiger partial charge >= 0.3 is 0 Å². The zero-order valence-corrected chi connectivity index (χ0v) is 11.1. The minimum atomic E-state index is -0.453. The average Bonchev–Trinajstić information content (AvgIpc) is 2.58. The van der Waals surface area contributed by atoms with Crippen molar-refractivity contribution in [2.75, 3.05) is 6.61 Å². The molecule has 1 rings (SSSR count). The van der Waals surface area contributed by atoms with Crippen molar-refractivity contribution in [3.63, 3.8) is 0 Å². The Balaban J connectivity index is 3.03. The van der Waals surface area contributed by atoms with Gasteiger partial charge in [0.25, 0.3) is 0 Å². The number of nitrogens with two attached hydrogens (primary N) is 1. The molecule has 1 aromatic heterocycles. The first-order chi connectivity index (χ1) is 7.44. The monoisotopic (exact) mass is 245 g/mol. The summed E-state index contributed by atoms with van der Waals surface area (Å²) < 4.78 is 7.46. The molecule has 0 spiro atoms. The number of rotatable bonds is 5. The molecule has 0 saturated heterocycles. The van der Waals surface area contributed by atoms with Crippen LogP contribution in [0, 0.1) is 0 Å². The van der Waals surface area contributed by atoms with Crippen LogP contribution in [0.25, 0.3) is 0 Å². The first-order valence-corrected chi connectivity index (χ1v) is 5.92. The molecule has 1 aromatic rings. The van der Waals surface area contributed by atoms with Gasteiger partial charge < -0.3 is 10.5 Å². The number of hydrogen-bond donors (Lipinski definition) is 1. The van der Waals surface area contributed by atoms with E-state index in [0.717, 1.165) is 12.2 Å². The third kappa shape index (κ3) is 2.56. The number of ether oxygens (including phenoxy) is 1. The van der Waals surface area contributed by atoms with Crippen LogP contribution in [0.3, 0.4) is 0 Å². The van der Waals surface area contributed by atoms with E-state index >= 15 is 0 Å². The highest BCUT2D eigenvalue weighted by Crippen LogP contribution is 2.31. The van der Waals surface area contributed by atoms with Gasteiger partial charge in [-0.1, -0.05) is 11.6 Å². The van der Waals surface area contributed by atoms with Crippen molar-refractivity contribution in [1.82, 2.24) is 9.78 Å². The maximum absolute atomic E-state index is 6.21. The fraction of sp³-hybridized carbons (Fsp3) is 0.727. The van der Waals surface area contributed by atoms with Crippen LogP contribution in [-0.4, -0.2) is 22.0 Å². The Labute approximate surface area is 102 Å². The lowest BCUT2D eigenvalue weighted by molar-refractivity contribution is -0.0315. The normalized spacial score (nSPS) is 14.1. The third-order valence-corrected chi connectivity index (χ3v) is 2.98. The van der Waals surface area contributed by atoms with E-state index in [2.05, 4.69) is 5.10 Å². The van der Waals surface area contributed by atoms with Crippen LogP contribution >= 0.6 is 11.6 Å². The molecule has 92 valence electrons. The van der Waals surface area contributed by atoms with Crippen LogP contribution in [0.2, 0.25) is 5.02 Å². The van der Waals surface area contributed by atoms with Gasteiger partial charge in [-0.15, -0.1) is 0 Å². The van der Waals surface area contributed by atoms with E-state index in [4.69, 9.17) is 22.1 Å². The van der Waals surface area contributed by atoms with Crippen LogP contribution in [0.4, 0.5) is 0 Å². The SMILES string of the molecule is CCOC(C)(C)C(N)c1c(Cl)cnn1CC. The summed E-state index contributed by atoms with van der Waals surface area (Å²) in [5, 5.41) is 4.78. The van der Waals surface area contributed by atoms with Crippen LogP contribution in [-0.2, 0) is 11.3 Å². The Hall–Kier alpha value is -0.580. The number of hydrogen-bond acceptors (Lipinski definition) is 3. The third-order valence-electron chi connectivity index (χ3n) is 2.69. The van der Waals surface area contributed by atoms with E-state index < -0.39 is 5.60 Å². The van der Waals surface area contributed by atoms with E-state index in [1.165, 1.54) is 0 Å². The molecule has 0 fully saturated rings. The van der Waals surface area contributed by atoms with Gasteiger partial charge in [-0.25, -0.2) is 0 Å². The van der Waals surface area contributed by atoms with Crippen molar-refractivity contribution in [3.8, 4) is 0 Å². The Morgan fingerprint density at radius 1 is 1.56 bits per heavy atom. The predicted molar refractivity (Wildman–Crippen MR) is 65.5 cm³/mol. The van der Waals surface area contributed by atoms with Crippen LogP contribution in [0.15, 0.2) is 6.20 Å². The topological polar surface area (TPSA) is 53.1 Å². The van der Waals surface area contributed by atoms with Crippen molar-refractivity contribution in [2.24, 2.45) is 5.73 Å². The maximum atomic E-state index is 6.21. The molecule has 0 saturated carbocycles. The largest absolute Gasteiger partial charge is 0.374 e. The van der Waals surface area contributed by atoms with Crippen molar-refractivity contribution in [1.29, 1.82) is 0 Å². The molecule has 1 atom stereocenters. The van der Waals surface area contributed by atoms with E-state index in [9.17, 15) is 0 Å². The molecular formula is C11H20ClN3O. The molecule has 0 aliphatic heterocycles. The summed E-state index contributed by atoms with van der Waals surface area (Å²) in [7, 11) is 0. The summed E-state index contributed by atoms with van der Waals surface area (Å²) >= 11 is 6.11. The summed E-state index contributed by atoms with van der Waals surface area (Å²) in [5.41, 5.74) is 6.59. The van der Waals surface area contributed by atoms with Gasteiger partial charge in [0.2, 0.25) is 0 Å². The summed E-state index contributed by atoms with van der Waals surface area (Å²) in [6, 6.07) is -0.289. The Bertz CT molecular complexity index is 349. The quantitative estimate of drug-likeness (QED) is 0.867. The molecule has 0 amide bonds. The van der Waals surface area contributed by atoms with Gasteiger partial charge in [-0.2, -0.15) is 5.10 Å². The molecule has 0 bridgehead atoms. The zero-order chi connectivity index (χ0) is 12.3. The molecule has 16 heavy (non-hydrogen) atoms. The van der Waals surface area contributed by atoms with Crippen LogP contribution < -0.4 is 5.73 Å². The second-order valence-corrected chi connectivity index (χ2v) is 4.61. The average molecular weight is 246 g/mol. The summed E-state index contributed by atoms with van der Waals surface area (Å²) in [5.74, 6) is 0. The van der Waals surface area contributed by atoms with Crippen LogP contribution in [0.1, 0.15) is 39.4 Å². The van der Waals surface area contributed by atoms with E-state index in [1.807, 2.05) is 32.4 Å². The molecule has 1 heterocycles. The van der Waals surface area contributed by atoms with Crippen molar-refractivity contribution < 1.29 is 4.74 Å². The molecule has 0 aliphatic carbocycles. The van der Waals surface area contributed by atoms with Gasteiger partial charge in [-0.05, 0) is 27.7 Å². The lowest BCUT2D eigenvalue weighted by Gasteiger charge is -2.31. The molecular weight excluding hydrogens is 226 g/mol. The molecule has 0 radical (unpaired) electrons. The van der Waals surface area contributed by atoms with Crippen molar-refractivity contribution in [3.05, 3.63) is 16.9 Å². The standard InChI is InChI=1S/C11H20ClN3O/c1-5-15-9(8(12)7-14-15)10(13)11(3,4)16-6-2/h7,10H,5-6,13H2,1-4H3. The Morgan fingerprint density at radius 2 is 2.19 bits per heavy atom. The van der Waals surface area contributed by atoms with Gasteiger partial charge in [0, 0.05) is 13.2 Å². The Kier molecular flexibility index (Phi) is 4.35. The second-order valence-electron chi connectivity index (χ2n) is 4.21. The lowest BCUT2D eigenvalue weighted by atomic mass is 9.96. The Morgan fingerprint density at radius 3 is 2.69 bits per heavy atom. The second kappa shape index (κ2) is 5.17. The number of halogens is 1. The molecule has 2 N–H and O–H groups in total. The summed E-state index contributed by atoms with van der Waals surface area (Å²) in [6.45, 7) is 9.26. The fourth-order valence-corrected chi connectivity index (χ4v) is 1.98. The van der Waals surface area contributed by atoms with E-state index in [1.54, 1.807) is 6.20 Å². The van der Waals surface area contributed by atoms with Crippen molar-refractivity contribution in [2.45, 2.75) is 45.9 Å². The highest BCUT2D eigenvalue weighted by atomic mass is 35.5. The number of aromatic nitrogens is 2. The molecule has 0 aromatic carbocycles. The van der Waals surface area contributed by atoms with E-state index in [0.29, 0.717) is 11.6 Å². The minimum Gasteiger partial charge on any atom is -0.374 e. The van der Waals surface area contributed by atoms with Gasteiger partial charge in [0.15, 0.2) is 0 Å². The maximum Gasteiger partial charge on any atom is 0.0835 e. The zero-order valence-electron chi connectivity index (χ0n) is 10.3. The number of aryl methyl sites for hydroxylation is 1. The molecule has 5 heteroatoms. The van der Waals surface area contributed by atoms with Gasteiger partial charge in [-0.3, -0.25) is 4.68 Å². The van der Waals surface area contributed by atoms with Gasteiger partial charge in [0.05, 0.1) is 28.6 Å². The smallest absolute Gasteiger partial charge is 0.0835 e. The molecule has 4 nitrogen and oxygen atoms in total. The predicted octanol–water partition coefficient (Wildman–Crippen LogP) is 2.37. The van der Waals surface area contributed by atoms with Crippen LogP contribution in [0.5, 0.6) is 0 Å². The molecule has 0 aliphatic rings. The van der Waals surface area contributed by atoms with Gasteiger partial charge in [0.1, 0.15) is 0 Å². The number of nitrogens with zero attached hydrogens (tertiary/aromatic N) is 2. The van der Waals surface area contributed by atoms with Crippen molar-refractivity contribution >= 4 is 11.6 Å².